The molecule has 2 rings (SSSR count). The summed E-state index contributed by atoms with van der Waals surface area (Å²) < 4.78 is 0.552. The highest BCUT2D eigenvalue weighted by Gasteiger charge is 2.04. The molecule has 1 aromatic carbocycles. The van der Waals surface area contributed by atoms with E-state index in [0.29, 0.717) is 15.2 Å². The van der Waals surface area contributed by atoms with Crippen LogP contribution in [-0.2, 0) is 0 Å². The Labute approximate surface area is 82.2 Å². The molecular weight excluding hydrogens is 234 g/mol. The standard InChI is InChI=1S/C9H6BrNO2/c10-8-5-3-4-11-9(13)6(5)1-2-7(8)12/h1-4,12H,(H,11,13). The second-order valence-electron chi connectivity index (χ2n) is 2.67. The number of halogens is 1. The minimum Gasteiger partial charge on any atom is -0.507 e. The Morgan fingerprint density at radius 2 is 2.00 bits per heavy atom. The minimum absolute atomic E-state index is 0.137. The average Bonchev–Trinajstić information content (AvgIpc) is 2.12. The van der Waals surface area contributed by atoms with Crippen LogP contribution < -0.4 is 5.56 Å². The van der Waals surface area contributed by atoms with Gasteiger partial charge >= 0.3 is 0 Å². The predicted octanol–water partition coefficient (Wildman–Crippen LogP) is 2.00. The van der Waals surface area contributed by atoms with Crippen molar-refractivity contribution >= 4 is 26.7 Å². The lowest BCUT2D eigenvalue weighted by Gasteiger charge is -2.00. The number of rotatable bonds is 0. The molecule has 0 aliphatic heterocycles. The highest BCUT2D eigenvalue weighted by molar-refractivity contribution is 9.10. The topological polar surface area (TPSA) is 53.1 Å². The van der Waals surface area contributed by atoms with Gasteiger partial charge in [0.2, 0.25) is 0 Å². The number of phenolic OH excluding ortho intramolecular Hbond substituents is 1. The molecule has 4 heteroatoms. The molecule has 0 atom stereocenters. The molecule has 3 nitrogen and oxygen atoms in total. The monoisotopic (exact) mass is 239 g/mol. The summed E-state index contributed by atoms with van der Waals surface area (Å²) in [6, 6.07) is 4.82. The molecule has 0 aliphatic rings. The Hall–Kier alpha value is -1.29. The zero-order valence-electron chi connectivity index (χ0n) is 6.54. The van der Waals surface area contributed by atoms with Crippen LogP contribution in [0.25, 0.3) is 10.8 Å². The number of H-pyrrole nitrogens is 1. The summed E-state index contributed by atoms with van der Waals surface area (Å²) in [5.41, 5.74) is -0.154. The Morgan fingerprint density at radius 3 is 2.77 bits per heavy atom. The normalized spacial score (nSPS) is 10.5. The molecule has 2 aromatic rings. The van der Waals surface area contributed by atoms with E-state index in [4.69, 9.17) is 0 Å². The Kier molecular flexibility index (Phi) is 1.84. The summed E-state index contributed by atoms with van der Waals surface area (Å²) >= 11 is 3.21. The van der Waals surface area contributed by atoms with Crippen LogP contribution in [0.4, 0.5) is 0 Å². The zero-order valence-corrected chi connectivity index (χ0v) is 8.13. The lowest BCUT2D eigenvalue weighted by molar-refractivity contribution is 0.473. The number of hydrogen-bond donors (Lipinski definition) is 2. The van der Waals surface area contributed by atoms with Crippen molar-refractivity contribution in [3.8, 4) is 5.75 Å². The quantitative estimate of drug-likeness (QED) is 0.739. The summed E-state index contributed by atoms with van der Waals surface area (Å²) in [4.78, 5) is 13.8. The van der Waals surface area contributed by atoms with Crippen LogP contribution in [0.3, 0.4) is 0 Å². The maximum absolute atomic E-state index is 11.3. The Bertz CT molecular complexity index is 518. The molecular formula is C9H6BrNO2. The molecule has 0 saturated carbocycles. The van der Waals surface area contributed by atoms with Gasteiger partial charge in [-0.05, 0) is 34.1 Å². The van der Waals surface area contributed by atoms with Crippen LogP contribution >= 0.6 is 15.9 Å². The second-order valence-corrected chi connectivity index (χ2v) is 3.46. The van der Waals surface area contributed by atoms with Crippen molar-refractivity contribution in [3.63, 3.8) is 0 Å². The van der Waals surface area contributed by atoms with Gasteiger partial charge in [0, 0.05) is 17.0 Å². The average molecular weight is 240 g/mol. The highest BCUT2D eigenvalue weighted by atomic mass is 79.9. The number of benzene rings is 1. The van der Waals surface area contributed by atoms with Gasteiger partial charge in [0.05, 0.1) is 4.47 Å². The maximum Gasteiger partial charge on any atom is 0.255 e. The van der Waals surface area contributed by atoms with Gasteiger partial charge in [-0.25, -0.2) is 0 Å². The first-order valence-electron chi connectivity index (χ1n) is 3.69. The van der Waals surface area contributed by atoms with Crippen LogP contribution in [0.5, 0.6) is 5.75 Å². The van der Waals surface area contributed by atoms with Crippen molar-refractivity contribution in [2.75, 3.05) is 0 Å². The summed E-state index contributed by atoms with van der Waals surface area (Å²) in [5, 5.41) is 10.6. The van der Waals surface area contributed by atoms with Crippen LogP contribution in [0.1, 0.15) is 0 Å². The summed E-state index contributed by atoms with van der Waals surface area (Å²) in [6.45, 7) is 0. The Balaban J connectivity index is 3.03. The molecule has 0 unspecified atom stereocenters. The van der Waals surface area contributed by atoms with Crippen LogP contribution in [0.2, 0.25) is 0 Å². The van der Waals surface area contributed by atoms with E-state index in [1.807, 2.05) is 0 Å². The maximum atomic E-state index is 11.3. The predicted molar refractivity (Wildman–Crippen MR) is 53.9 cm³/mol. The van der Waals surface area contributed by atoms with Crippen molar-refractivity contribution in [1.82, 2.24) is 4.98 Å². The van der Waals surface area contributed by atoms with Gasteiger partial charge < -0.3 is 10.1 Å². The third-order valence-electron chi connectivity index (χ3n) is 1.87. The first-order chi connectivity index (χ1) is 6.20. The molecule has 1 aromatic heterocycles. The Morgan fingerprint density at radius 1 is 1.23 bits per heavy atom. The summed E-state index contributed by atoms with van der Waals surface area (Å²) in [6.07, 6.45) is 1.55. The van der Waals surface area contributed by atoms with Crippen molar-refractivity contribution in [1.29, 1.82) is 0 Å². The van der Waals surface area contributed by atoms with Crippen LogP contribution in [0.15, 0.2) is 33.7 Å². The number of nitrogens with one attached hydrogen (secondary N) is 1. The van der Waals surface area contributed by atoms with E-state index >= 15 is 0 Å². The molecule has 1 heterocycles. The lowest BCUT2D eigenvalue weighted by atomic mass is 10.2. The largest absolute Gasteiger partial charge is 0.507 e. The third kappa shape index (κ3) is 1.23. The number of hydrogen-bond acceptors (Lipinski definition) is 2. The fourth-order valence-corrected chi connectivity index (χ4v) is 1.70. The second kappa shape index (κ2) is 2.88. The summed E-state index contributed by atoms with van der Waals surface area (Å²) in [5.74, 6) is 0.137. The van der Waals surface area contributed by atoms with Crippen LogP contribution in [0, 0.1) is 0 Å². The molecule has 0 radical (unpaired) electrons. The molecule has 0 fully saturated rings. The van der Waals surface area contributed by atoms with Crippen molar-refractivity contribution in [2.24, 2.45) is 0 Å². The van der Waals surface area contributed by atoms with E-state index in [9.17, 15) is 9.90 Å². The van der Waals surface area contributed by atoms with Crippen LogP contribution in [-0.4, -0.2) is 10.1 Å². The van der Waals surface area contributed by atoms with Gasteiger partial charge in [-0.1, -0.05) is 0 Å². The SMILES string of the molecule is O=c1[nH]ccc2c(Br)c(O)ccc12. The van der Waals surface area contributed by atoms with Gasteiger partial charge in [-0.2, -0.15) is 0 Å². The molecule has 2 N–H and O–H groups in total. The molecule has 0 aliphatic carbocycles. The number of phenols is 1. The molecule has 0 bridgehead atoms. The molecule has 0 spiro atoms. The molecule has 0 saturated heterocycles. The van der Waals surface area contributed by atoms with Crippen molar-refractivity contribution in [2.45, 2.75) is 0 Å². The third-order valence-corrected chi connectivity index (χ3v) is 2.70. The van der Waals surface area contributed by atoms with Gasteiger partial charge in [-0.15, -0.1) is 0 Å². The number of aromatic nitrogens is 1. The lowest BCUT2D eigenvalue weighted by Crippen LogP contribution is -2.04. The highest BCUT2D eigenvalue weighted by Crippen LogP contribution is 2.30. The van der Waals surface area contributed by atoms with Gasteiger partial charge in [-0.3, -0.25) is 4.79 Å². The van der Waals surface area contributed by atoms with Gasteiger partial charge in [0.25, 0.3) is 5.56 Å². The summed E-state index contributed by atoms with van der Waals surface area (Å²) in [7, 11) is 0. The smallest absolute Gasteiger partial charge is 0.255 e. The number of aromatic hydroxyl groups is 1. The number of pyridine rings is 1. The number of aromatic amines is 1. The fraction of sp³-hybridized carbons (Fsp3) is 0. The van der Waals surface area contributed by atoms with Crippen molar-refractivity contribution < 1.29 is 5.11 Å². The van der Waals surface area contributed by atoms with E-state index in [0.717, 1.165) is 0 Å². The van der Waals surface area contributed by atoms with E-state index in [-0.39, 0.29) is 11.3 Å². The van der Waals surface area contributed by atoms with Gasteiger partial charge in [0.1, 0.15) is 5.75 Å². The van der Waals surface area contributed by atoms with Gasteiger partial charge in [0.15, 0.2) is 0 Å². The molecule has 13 heavy (non-hydrogen) atoms. The zero-order chi connectivity index (χ0) is 9.42. The van der Waals surface area contributed by atoms with E-state index < -0.39 is 0 Å². The van der Waals surface area contributed by atoms with E-state index in [1.165, 1.54) is 6.07 Å². The minimum atomic E-state index is -0.154. The first-order valence-corrected chi connectivity index (χ1v) is 4.48. The van der Waals surface area contributed by atoms with E-state index in [1.54, 1.807) is 18.3 Å². The van der Waals surface area contributed by atoms with Crippen molar-refractivity contribution in [3.05, 3.63) is 39.2 Å². The number of fused-ring (bicyclic) bond motifs is 1. The first kappa shape index (κ1) is 8.31. The van der Waals surface area contributed by atoms with E-state index in [2.05, 4.69) is 20.9 Å². The molecule has 66 valence electrons. The fourth-order valence-electron chi connectivity index (χ4n) is 1.22. The molecule has 0 amide bonds.